The first-order valence-corrected chi connectivity index (χ1v) is 3.75. The van der Waals surface area contributed by atoms with Crippen LogP contribution in [0.2, 0.25) is 0 Å². The van der Waals surface area contributed by atoms with Crippen molar-refractivity contribution >= 4 is 12.0 Å². The van der Waals surface area contributed by atoms with Crippen molar-refractivity contribution < 1.29 is 14.7 Å². The van der Waals surface area contributed by atoms with Crippen molar-refractivity contribution in [3.8, 4) is 0 Å². The summed E-state index contributed by atoms with van der Waals surface area (Å²) in [6.07, 6.45) is 0.638. The quantitative estimate of drug-likeness (QED) is 0.560. The summed E-state index contributed by atoms with van der Waals surface area (Å²) >= 11 is 0. The fourth-order valence-electron chi connectivity index (χ4n) is 0.822. The molecule has 0 heterocycles. The largest absolute Gasteiger partial charge is 0.548 e. The molecule has 0 spiro atoms. The van der Waals surface area contributed by atoms with Gasteiger partial charge in [-0.05, 0) is 5.92 Å². The maximum absolute atomic E-state index is 10.5. The fourth-order valence-corrected chi connectivity index (χ4v) is 0.822. The van der Waals surface area contributed by atoms with Gasteiger partial charge in [0.05, 0.1) is 12.0 Å². The highest BCUT2D eigenvalue weighted by Gasteiger charge is 2.17. The summed E-state index contributed by atoms with van der Waals surface area (Å²) in [7, 11) is 0. The van der Waals surface area contributed by atoms with Crippen LogP contribution in [0.3, 0.4) is 0 Å². The number of carbonyl (C=O) groups is 2. The van der Waals surface area contributed by atoms with Gasteiger partial charge in [0.15, 0.2) is 0 Å². The Morgan fingerprint density at radius 1 is 1.58 bits per heavy atom. The molecule has 2 amide bonds. The van der Waals surface area contributed by atoms with E-state index >= 15 is 0 Å². The molecule has 3 N–H and O–H groups in total. The Bertz CT molecular complexity index is 181. The highest BCUT2D eigenvalue weighted by atomic mass is 16.4. The first kappa shape index (κ1) is 10.7. The molecule has 0 fully saturated rings. The minimum absolute atomic E-state index is 0.178. The molecule has 0 saturated heterocycles. The van der Waals surface area contributed by atoms with Gasteiger partial charge >= 0.3 is 6.03 Å². The Kier molecular flexibility index (Phi) is 4.10. The van der Waals surface area contributed by atoms with Crippen molar-refractivity contribution in [1.82, 2.24) is 5.32 Å². The lowest BCUT2D eigenvalue weighted by Crippen LogP contribution is -2.52. The van der Waals surface area contributed by atoms with Crippen molar-refractivity contribution in [3.63, 3.8) is 0 Å². The van der Waals surface area contributed by atoms with Crippen LogP contribution in [-0.4, -0.2) is 18.0 Å². The molecule has 5 nitrogen and oxygen atoms in total. The van der Waals surface area contributed by atoms with E-state index < -0.39 is 18.0 Å². The molecule has 0 unspecified atom stereocenters. The third-order valence-corrected chi connectivity index (χ3v) is 1.76. The predicted molar refractivity (Wildman–Crippen MR) is 41.0 cm³/mol. The molecule has 0 aromatic heterocycles. The zero-order valence-corrected chi connectivity index (χ0v) is 7.16. The fraction of sp³-hybridized carbons (Fsp3) is 0.714. The Morgan fingerprint density at radius 3 is 2.33 bits per heavy atom. The van der Waals surface area contributed by atoms with Gasteiger partial charge in [-0.2, -0.15) is 0 Å². The number of urea groups is 1. The van der Waals surface area contributed by atoms with Crippen molar-refractivity contribution in [2.45, 2.75) is 26.3 Å². The second kappa shape index (κ2) is 4.58. The first-order chi connectivity index (χ1) is 5.49. The zero-order valence-electron chi connectivity index (χ0n) is 7.16. The summed E-state index contributed by atoms with van der Waals surface area (Å²) in [6.45, 7) is 3.53. The molecule has 0 aromatic carbocycles. The van der Waals surface area contributed by atoms with E-state index in [0.29, 0.717) is 6.42 Å². The van der Waals surface area contributed by atoms with E-state index in [4.69, 9.17) is 5.73 Å². The molecule has 0 rings (SSSR count). The Labute approximate surface area is 70.9 Å². The summed E-state index contributed by atoms with van der Waals surface area (Å²) in [4.78, 5) is 20.8. The molecule has 0 bridgehead atoms. The first-order valence-electron chi connectivity index (χ1n) is 3.75. The number of aliphatic carboxylic acids is 1. The summed E-state index contributed by atoms with van der Waals surface area (Å²) in [5.74, 6) is -1.48. The molecule has 0 saturated carbocycles. The lowest BCUT2D eigenvalue weighted by molar-refractivity contribution is -0.309. The second-order valence-corrected chi connectivity index (χ2v) is 2.69. The summed E-state index contributed by atoms with van der Waals surface area (Å²) < 4.78 is 0. The summed E-state index contributed by atoms with van der Waals surface area (Å²) in [6, 6.07) is -1.84. The molecule has 70 valence electrons. The van der Waals surface area contributed by atoms with Gasteiger partial charge in [0.1, 0.15) is 0 Å². The minimum atomic E-state index is -1.30. The number of hydrogen-bond donors (Lipinski definition) is 2. The van der Waals surface area contributed by atoms with Crippen LogP contribution in [0.5, 0.6) is 0 Å². The molecular formula is C7H13N2O3-. The third-order valence-electron chi connectivity index (χ3n) is 1.76. The molecule has 12 heavy (non-hydrogen) atoms. The smallest absolute Gasteiger partial charge is 0.312 e. The number of carboxylic acid groups (broad SMARTS) is 1. The second-order valence-electron chi connectivity index (χ2n) is 2.69. The maximum atomic E-state index is 10.5. The normalized spacial score (nSPS) is 14.8. The third kappa shape index (κ3) is 3.23. The molecule has 5 heteroatoms. The van der Waals surface area contributed by atoms with Gasteiger partial charge in [-0.15, -0.1) is 0 Å². The van der Waals surface area contributed by atoms with E-state index in [0.717, 1.165) is 0 Å². The van der Waals surface area contributed by atoms with Crippen LogP contribution in [-0.2, 0) is 4.79 Å². The Hall–Kier alpha value is -1.26. The predicted octanol–water partition coefficient (Wildman–Crippen LogP) is -1.18. The van der Waals surface area contributed by atoms with E-state index in [1.54, 1.807) is 6.92 Å². The van der Waals surface area contributed by atoms with Gasteiger partial charge in [0, 0.05) is 0 Å². The SMILES string of the molecule is CC[C@@H](C)[C@H](NC(N)=O)C(=O)[O-]. The molecule has 0 aliphatic heterocycles. The number of amides is 2. The summed E-state index contributed by atoms with van der Waals surface area (Å²) in [5.41, 5.74) is 4.78. The number of nitrogens with two attached hydrogens (primary N) is 1. The molecule has 0 aliphatic rings. The van der Waals surface area contributed by atoms with Gasteiger partial charge in [-0.25, -0.2) is 4.79 Å². The van der Waals surface area contributed by atoms with Crippen LogP contribution in [0.25, 0.3) is 0 Å². The van der Waals surface area contributed by atoms with Crippen molar-refractivity contribution in [2.24, 2.45) is 11.7 Å². The van der Waals surface area contributed by atoms with Crippen molar-refractivity contribution in [1.29, 1.82) is 0 Å². The molecular weight excluding hydrogens is 160 g/mol. The lowest BCUT2D eigenvalue weighted by atomic mass is 10.00. The lowest BCUT2D eigenvalue weighted by Gasteiger charge is -2.23. The number of carboxylic acids is 1. The average Bonchev–Trinajstić information content (AvgIpc) is 1.98. The zero-order chi connectivity index (χ0) is 9.72. The van der Waals surface area contributed by atoms with Gasteiger partial charge in [-0.1, -0.05) is 20.3 Å². The van der Waals surface area contributed by atoms with Crippen LogP contribution < -0.4 is 16.2 Å². The van der Waals surface area contributed by atoms with E-state index in [1.165, 1.54) is 0 Å². The summed E-state index contributed by atoms with van der Waals surface area (Å²) in [5, 5.41) is 12.6. The standard InChI is InChI=1S/C7H14N2O3/c1-3-4(2)5(6(10)11)9-7(8)12/h4-5H,3H2,1-2H3,(H,10,11)(H3,8,9,12)/p-1/t4-,5+/m1/s1. The molecule has 0 aromatic rings. The molecule has 0 aliphatic carbocycles. The highest BCUT2D eigenvalue weighted by Crippen LogP contribution is 2.06. The molecule has 2 atom stereocenters. The van der Waals surface area contributed by atoms with Gasteiger partial charge in [-0.3, -0.25) is 0 Å². The Morgan fingerprint density at radius 2 is 2.08 bits per heavy atom. The van der Waals surface area contributed by atoms with Crippen LogP contribution >= 0.6 is 0 Å². The Balaban J connectivity index is 4.22. The van der Waals surface area contributed by atoms with Gasteiger partial charge in [0.25, 0.3) is 0 Å². The van der Waals surface area contributed by atoms with E-state index in [1.807, 2.05) is 6.92 Å². The number of nitrogens with one attached hydrogen (secondary N) is 1. The average molecular weight is 173 g/mol. The van der Waals surface area contributed by atoms with Crippen molar-refractivity contribution in [3.05, 3.63) is 0 Å². The number of carbonyl (C=O) groups excluding carboxylic acids is 2. The monoisotopic (exact) mass is 173 g/mol. The topological polar surface area (TPSA) is 95.2 Å². The minimum Gasteiger partial charge on any atom is -0.548 e. The van der Waals surface area contributed by atoms with Crippen LogP contribution in [0, 0.1) is 5.92 Å². The number of primary amides is 1. The van der Waals surface area contributed by atoms with E-state index in [9.17, 15) is 14.7 Å². The highest BCUT2D eigenvalue weighted by molar-refractivity contribution is 5.80. The number of rotatable bonds is 4. The maximum Gasteiger partial charge on any atom is 0.312 e. The van der Waals surface area contributed by atoms with Gasteiger partial charge in [0.2, 0.25) is 0 Å². The van der Waals surface area contributed by atoms with E-state index in [-0.39, 0.29) is 5.92 Å². The molecule has 0 radical (unpaired) electrons. The van der Waals surface area contributed by atoms with Crippen LogP contribution in [0.1, 0.15) is 20.3 Å². The van der Waals surface area contributed by atoms with Crippen LogP contribution in [0.15, 0.2) is 0 Å². The van der Waals surface area contributed by atoms with Gasteiger partial charge < -0.3 is 21.0 Å². The van der Waals surface area contributed by atoms with Crippen LogP contribution in [0.4, 0.5) is 4.79 Å². The van der Waals surface area contributed by atoms with Crippen molar-refractivity contribution in [2.75, 3.05) is 0 Å². The van der Waals surface area contributed by atoms with E-state index in [2.05, 4.69) is 5.32 Å². The number of hydrogen-bond acceptors (Lipinski definition) is 3.